The lowest BCUT2D eigenvalue weighted by molar-refractivity contribution is 0.259. The van der Waals surface area contributed by atoms with Gasteiger partial charge in [-0.25, -0.2) is 0 Å². The van der Waals surface area contributed by atoms with Gasteiger partial charge in [-0.2, -0.15) is 0 Å². The monoisotopic (exact) mass is 236 g/mol. The Bertz CT molecular complexity index is 344. The zero-order chi connectivity index (χ0) is 12.9. The largest absolute Gasteiger partial charge is 0.495 e. The molecule has 96 valence electrons. The Morgan fingerprint density at radius 1 is 1.41 bits per heavy atom. The fourth-order valence-electron chi connectivity index (χ4n) is 1.89. The van der Waals surface area contributed by atoms with Gasteiger partial charge in [-0.05, 0) is 30.5 Å². The second-order valence-corrected chi connectivity index (χ2v) is 5.34. The molecule has 0 radical (unpaired) electrons. The third-order valence-electron chi connectivity index (χ3n) is 2.76. The van der Waals surface area contributed by atoms with Gasteiger partial charge in [-0.15, -0.1) is 0 Å². The van der Waals surface area contributed by atoms with E-state index in [1.54, 1.807) is 7.11 Å². The molecule has 0 spiro atoms. The molecular formula is C14H24N2O. The Morgan fingerprint density at radius 2 is 2.12 bits per heavy atom. The molecule has 0 aliphatic rings. The molecule has 0 bridgehead atoms. The minimum atomic E-state index is 0.108. The Hall–Kier alpha value is -1.09. The van der Waals surface area contributed by atoms with Gasteiger partial charge < -0.3 is 10.1 Å². The number of ether oxygens (including phenoxy) is 1. The number of hydrogen-bond donors (Lipinski definition) is 1. The second kappa shape index (κ2) is 6.01. The Labute approximate surface area is 105 Å². The first-order valence-corrected chi connectivity index (χ1v) is 6.23. The molecule has 1 N–H and O–H groups in total. The summed E-state index contributed by atoms with van der Waals surface area (Å²) in [5.41, 5.74) is 1.10. The third-order valence-corrected chi connectivity index (χ3v) is 2.76. The van der Waals surface area contributed by atoms with Crippen molar-refractivity contribution in [2.24, 2.45) is 5.41 Å². The number of methoxy groups -OCH3 is 1. The van der Waals surface area contributed by atoms with Crippen LogP contribution in [-0.2, 0) is 0 Å². The molecule has 0 amide bonds. The van der Waals surface area contributed by atoms with Crippen LogP contribution in [0.5, 0.6) is 5.75 Å². The molecule has 1 rings (SSSR count). The molecule has 0 fully saturated rings. The lowest BCUT2D eigenvalue weighted by atomic mass is 9.84. The highest BCUT2D eigenvalue weighted by molar-refractivity contribution is 5.30. The quantitative estimate of drug-likeness (QED) is 0.852. The summed E-state index contributed by atoms with van der Waals surface area (Å²) in [6.45, 7) is 9.81. The predicted octanol–water partition coefficient (Wildman–Crippen LogP) is 3.18. The van der Waals surface area contributed by atoms with Crippen LogP contribution in [0.15, 0.2) is 18.3 Å². The van der Waals surface area contributed by atoms with Crippen LogP contribution in [0, 0.1) is 5.41 Å². The first-order valence-electron chi connectivity index (χ1n) is 6.23. The SMILES string of the molecule is CCCNC(c1ncccc1OC)C(C)(C)C. The van der Waals surface area contributed by atoms with Gasteiger partial charge in [0.25, 0.3) is 0 Å². The standard InChI is InChI=1S/C14H24N2O/c1-6-9-16-13(14(2,3)4)12-11(17-5)8-7-10-15-12/h7-8,10,13,16H,6,9H2,1-5H3. The Kier molecular flexibility index (Phi) is 4.94. The minimum absolute atomic E-state index is 0.108. The smallest absolute Gasteiger partial charge is 0.142 e. The summed E-state index contributed by atoms with van der Waals surface area (Å²) < 4.78 is 5.40. The van der Waals surface area contributed by atoms with Crippen molar-refractivity contribution in [3.8, 4) is 5.75 Å². The molecule has 1 atom stereocenters. The third kappa shape index (κ3) is 3.70. The van der Waals surface area contributed by atoms with Crippen LogP contribution in [0.4, 0.5) is 0 Å². The molecule has 3 nitrogen and oxygen atoms in total. The maximum atomic E-state index is 5.40. The van der Waals surface area contributed by atoms with E-state index < -0.39 is 0 Å². The van der Waals surface area contributed by atoms with Gasteiger partial charge in [-0.1, -0.05) is 27.7 Å². The molecule has 0 aliphatic heterocycles. The van der Waals surface area contributed by atoms with E-state index in [4.69, 9.17) is 4.74 Å². The lowest BCUT2D eigenvalue weighted by Crippen LogP contribution is -2.33. The Morgan fingerprint density at radius 3 is 2.65 bits per heavy atom. The van der Waals surface area contributed by atoms with Crippen LogP contribution in [0.2, 0.25) is 0 Å². The van der Waals surface area contributed by atoms with Crippen molar-refractivity contribution in [2.75, 3.05) is 13.7 Å². The van der Waals surface area contributed by atoms with Gasteiger partial charge in [0, 0.05) is 6.20 Å². The highest BCUT2D eigenvalue weighted by Gasteiger charge is 2.29. The Balaban J connectivity index is 3.03. The summed E-state index contributed by atoms with van der Waals surface area (Å²) in [7, 11) is 1.69. The molecule has 3 heteroatoms. The van der Waals surface area contributed by atoms with Crippen LogP contribution in [0.3, 0.4) is 0 Å². The van der Waals surface area contributed by atoms with Gasteiger partial charge in [0.05, 0.1) is 18.8 Å². The van der Waals surface area contributed by atoms with Crippen molar-refractivity contribution in [2.45, 2.75) is 40.2 Å². The lowest BCUT2D eigenvalue weighted by Gasteiger charge is -2.32. The van der Waals surface area contributed by atoms with E-state index in [2.05, 4.69) is 38.0 Å². The first-order chi connectivity index (χ1) is 8.00. The van der Waals surface area contributed by atoms with Gasteiger partial charge >= 0.3 is 0 Å². The molecule has 0 saturated carbocycles. The van der Waals surface area contributed by atoms with E-state index in [0.29, 0.717) is 0 Å². The summed E-state index contributed by atoms with van der Waals surface area (Å²) in [4.78, 5) is 4.48. The summed E-state index contributed by atoms with van der Waals surface area (Å²) >= 11 is 0. The molecule has 1 heterocycles. The second-order valence-electron chi connectivity index (χ2n) is 5.34. The fraction of sp³-hybridized carbons (Fsp3) is 0.643. The van der Waals surface area contributed by atoms with E-state index in [9.17, 15) is 0 Å². The minimum Gasteiger partial charge on any atom is -0.495 e. The zero-order valence-electron chi connectivity index (χ0n) is 11.6. The van der Waals surface area contributed by atoms with Crippen LogP contribution >= 0.6 is 0 Å². The molecule has 0 aliphatic carbocycles. The normalized spacial score (nSPS) is 13.5. The van der Waals surface area contributed by atoms with Crippen LogP contribution < -0.4 is 10.1 Å². The molecular weight excluding hydrogens is 212 g/mol. The summed E-state index contributed by atoms with van der Waals surface area (Å²) in [6, 6.07) is 4.08. The number of rotatable bonds is 5. The van der Waals surface area contributed by atoms with E-state index >= 15 is 0 Å². The highest BCUT2D eigenvalue weighted by atomic mass is 16.5. The maximum absolute atomic E-state index is 5.40. The molecule has 1 unspecified atom stereocenters. The molecule has 0 saturated heterocycles. The molecule has 17 heavy (non-hydrogen) atoms. The van der Waals surface area contributed by atoms with Crippen LogP contribution in [0.1, 0.15) is 45.9 Å². The van der Waals surface area contributed by atoms with Crippen LogP contribution in [0.25, 0.3) is 0 Å². The van der Waals surface area contributed by atoms with E-state index in [1.165, 1.54) is 0 Å². The van der Waals surface area contributed by atoms with Gasteiger partial charge in [0.1, 0.15) is 5.75 Å². The van der Waals surface area contributed by atoms with Crippen molar-refractivity contribution in [1.29, 1.82) is 0 Å². The highest BCUT2D eigenvalue weighted by Crippen LogP contribution is 2.35. The van der Waals surface area contributed by atoms with Crippen molar-refractivity contribution >= 4 is 0 Å². The fourth-order valence-corrected chi connectivity index (χ4v) is 1.89. The number of nitrogens with one attached hydrogen (secondary N) is 1. The number of pyridine rings is 1. The summed E-state index contributed by atoms with van der Waals surface area (Å²) in [5.74, 6) is 0.857. The van der Waals surface area contributed by atoms with Gasteiger partial charge in [0.15, 0.2) is 0 Å². The number of aromatic nitrogens is 1. The summed E-state index contributed by atoms with van der Waals surface area (Å²) in [5, 5.41) is 3.56. The summed E-state index contributed by atoms with van der Waals surface area (Å²) in [6.07, 6.45) is 2.94. The van der Waals surface area contributed by atoms with Crippen LogP contribution in [-0.4, -0.2) is 18.6 Å². The van der Waals surface area contributed by atoms with Gasteiger partial charge in [0.2, 0.25) is 0 Å². The van der Waals surface area contributed by atoms with E-state index in [1.807, 2.05) is 18.3 Å². The van der Waals surface area contributed by atoms with Gasteiger partial charge in [-0.3, -0.25) is 4.98 Å². The van der Waals surface area contributed by atoms with Crippen molar-refractivity contribution in [1.82, 2.24) is 10.3 Å². The first kappa shape index (κ1) is 14.0. The predicted molar refractivity (Wildman–Crippen MR) is 71.3 cm³/mol. The molecule has 0 aromatic carbocycles. The van der Waals surface area contributed by atoms with Crippen molar-refractivity contribution < 1.29 is 4.74 Å². The molecule has 1 aromatic rings. The van der Waals surface area contributed by atoms with Crippen molar-refractivity contribution in [3.63, 3.8) is 0 Å². The molecule has 1 aromatic heterocycles. The van der Waals surface area contributed by atoms with Crippen molar-refractivity contribution in [3.05, 3.63) is 24.0 Å². The van der Waals surface area contributed by atoms with E-state index in [0.717, 1.165) is 24.4 Å². The zero-order valence-corrected chi connectivity index (χ0v) is 11.6. The maximum Gasteiger partial charge on any atom is 0.142 e. The number of nitrogens with zero attached hydrogens (tertiary/aromatic N) is 1. The topological polar surface area (TPSA) is 34.2 Å². The average Bonchev–Trinajstić information content (AvgIpc) is 2.28. The average molecular weight is 236 g/mol. The number of hydrogen-bond acceptors (Lipinski definition) is 3. The van der Waals surface area contributed by atoms with E-state index in [-0.39, 0.29) is 11.5 Å².